The fraction of sp³-hybridized carbons (Fsp3) is 0. The lowest BCUT2D eigenvalue weighted by Crippen LogP contribution is -2.15. The Labute approximate surface area is 114 Å². The molecule has 5 nitrogen and oxygen atoms in total. The number of hydrogen-bond donors (Lipinski definition) is 2. The Morgan fingerprint density at radius 3 is 2.89 bits per heavy atom. The van der Waals surface area contributed by atoms with E-state index >= 15 is 0 Å². The highest BCUT2D eigenvalue weighted by molar-refractivity contribution is 6.31. The van der Waals surface area contributed by atoms with Crippen molar-refractivity contribution >= 4 is 28.9 Å². The zero-order valence-corrected chi connectivity index (χ0v) is 10.5. The molecule has 1 amide bonds. The minimum absolute atomic E-state index is 0.264. The minimum Gasteiger partial charge on any atom is -0.397 e. The van der Waals surface area contributed by atoms with Crippen LogP contribution in [0.15, 0.2) is 36.7 Å². The van der Waals surface area contributed by atoms with Crippen molar-refractivity contribution < 1.29 is 4.79 Å². The number of hydrogen-bond acceptors (Lipinski definition) is 4. The number of nitrogens with zero attached hydrogens (tertiary/aromatic N) is 2. The quantitative estimate of drug-likeness (QED) is 0.878. The number of carbonyl (C=O) groups is 1. The van der Waals surface area contributed by atoms with E-state index in [1.54, 1.807) is 6.07 Å². The minimum atomic E-state index is -0.418. The van der Waals surface area contributed by atoms with Crippen molar-refractivity contribution in [2.75, 3.05) is 11.1 Å². The van der Waals surface area contributed by atoms with Crippen LogP contribution in [0.2, 0.25) is 5.02 Å². The smallest absolute Gasteiger partial charge is 0.257 e. The Hall–Kier alpha value is -2.58. The fourth-order valence-electron chi connectivity index (χ4n) is 1.52. The topological polar surface area (TPSA) is 91.8 Å². The average molecular weight is 273 g/mol. The van der Waals surface area contributed by atoms with Crippen LogP contribution in [0.5, 0.6) is 0 Å². The first-order valence-corrected chi connectivity index (χ1v) is 5.70. The monoisotopic (exact) mass is 272 g/mol. The number of anilines is 2. The second kappa shape index (κ2) is 5.38. The van der Waals surface area contributed by atoms with E-state index in [0.717, 1.165) is 0 Å². The van der Waals surface area contributed by atoms with Crippen LogP contribution in [0.4, 0.5) is 11.4 Å². The molecule has 1 heterocycles. The summed E-state index contributed by atoms with van der Waals surface area (Å²) in [7, 11) is 0. The van der Waals surface area contributed by atoms with Gasteiger partial charge in [-0.05, 0) is 24.3 Å². The summed E-state index contributed by atoms with van der Waals surface area (Å²) in [5, 5.41) is 12.0. The first-order chi connectivity index (χ1) is 9.11. The van der Waals surface area contributed by atoms with Crippen molar-refractivity contribution in [1.82, 2.24) is 4.98 Å². The van der Waals surface area contributed by atoms with Crippen LogP contribution < -0.4 is 11.1 Å². The third-order valence-electron chi connectivity index (χ3n) is 2.45. The number of benzene rings is 1. The van der Waals surface area contributed by atoms with Gasteiger partial charge in [0, 0.05) is 11.2 Å². The molecule has 1 aromatic carbocycles. The molecule has 0 atom stereocenters. The zero-order valence-electron chi connectivity index (χ0n) is 9.72. The van der Waals surface area contributed by atoms with E-state index < -0.39 is 5.91 Å². The standard InChI is InChI=1S/C13H9ClN4O/c14-9-2-1-8(6-15)12(5-9)18-13(19)10-3-4-17-7-11(10)16/h1-5,7H,16H2,(H,18,19). The lowest BCUT2D eigenvalue weighted by atomic mass is 10.1. The molecule has 3 N–H and O–H groups in total. The molecule has 2 rings (SSSR count). The molecule has 0 fully saturated rings. The van der Waals surface area contributed by atoms with Gasteiger partial charge in [-0.3, -0.25) is 9.78 Å². The van der Waals surface area contributed by atoms with E-state index in [4.69, 9.17) is 22.6 Å². The molecule has 0 spiro atoms. The van der Waals surface area contributed by atoms with Crippen molar-refractivity contribution in [3.8, 4) is 6.07 Å². The summed E-state index contributed by atoms with van der Waals surface area (Å²) in [5.74, 6) is -0.418. The summed E-state index contributed by atoms with van der Waals surface area (Å²) in [6, 6.07) is 8.10. The second-order valence-corrected chi connectivity index (χ2v) is 4.16. The molecule has 0 aliphatic heterocycles. The first-order valence-electron chi connectivity index (χ1n) is 5.32. The van der Waals surface area contributed by atoms with Crippen LogP contribution in [-0.2, 0) is 0 Å². The Balaban J connectivity index is 2.32. The number of nitrogens with two attached hydrogens (primary N) is 1. The van der Waals surface area contributed by atoms with E-state index in [1.807, 2.05) is 6.07 Å². The maximum Gasteiger partial charge on any atom is 0.257 e. The Bertz CT molecular complexity index is 679. The van der Waals surface area contributed by atoms with Gasteiger partial charge >= 0.3 is 0 Å². The van der Waals surface area contributed by atoms with Crippen molar-refractivity contribution in [2.24, 2.45) is 0 Å². The molecule has 0 unspecified atom stereocenters. The van der Waals surface area contributed by atoms with Crippen molar-refractivity contribution in [2.45, 2.75) is 0 Å². The summed E-state index contributed by atoms with van der Waals surface area (Å²) < 4.78 is 0. The number of halogens is 1. The third kappa shape index (κ3) is 2.81. The summed E-state index contributed by atoms with van der Waals surface area (Å²) in [6.07, 6.45) is 2.85. The molecule has 6 heteroatoms. The zero-order chi connectivity index (χ0) is 13.8. The lowest BCUT2D eigenvalue weighted by Gasteiger charge is -2.08. The Morgan fingerprint density at radius 1 is 1.42 bits per heavy atom. The predicted octanol–water partition coefficient (Wildman–Crippen LogP) is 2.44. The number of nitriles is 1. The van der Waals surface area contributed by atoms with Gasteiger partial charge in [0.25, 0.3) is 5.91 Å². The molecule has 0 aliphatic carbocycles. The normalized spacial score (nSPS) is 9.68. The molecular weight excluding hydrogens is 264 g/mol. The van der Waals surface area contributed by atoms with Crippen LogP contribution in [0.25, 0.3) is 0 Å². The number of aromatic nitrogens is 1. The van der Waals surface area contributed by atoms with Gasteiger partial charge in [0.1, 0.15) is 6.07 Å². The van der Waals surface area contributed by atoms with E-state index in [9.17, 15) is 4.79 Å². The van der Waals surface area contributed by atoms with Gasteiger partial charge in [-0.25, -0.2) is 0 Å². The molecule has 2 aromatic rings. The van der Waals surface area contributed by atoms with E-state index in [0.29, 0.717) is 21.8 Å². The molecule has 0 bridgehead atoms. The highest BCUT2D eigenvalue weighted by Crippen LogP contribution is 2.21. The molecule has 0 saturated heterocycles. The molecule has 0 saturated carbocycles. The van der Waals surface area contributed by atoms with Gasteiger partial charge in [-0.15, -0.1) is 0 Å². The molecule has 0 radical (unpaired) electrons. The van der Waals surface area contributed by atoms with Gasteiger partial charge < -0.3 is 11.1 Å². The lowest BCUT2D eigenvalue weighted by molar-refractivity contribution is 0.102. The molecule has 94 valence electrons. The highest BCUT2D eigenvalue weighted by Gasteiger charge is 2.12. The number of amides is 1. The van der Waals surface area contributed by atoms with Crippen molar-refractivity contribution in [1.29, 1.82) is 5.26 Å². The van der Waals surface area contributed by atoms with Crippen LogP contribution >= 0.6 is 11.6 Å². The van der Waals surface area contributed by atoms with E-state index in [-0.39, 0.29) is 5.69 Å². The average Bonchev–Trinajstić information content (AvgIpc) is 2.39. The number of carbonyl (C=O) groups excluding carboxylic acids is 1. The van der Waals surface area contributed by atoms with Crippen LogP contribution in [0.3, 0.4) is 0 Å². The fourth-order valence-corrected chi connectivity index (χ4v) is 1.69. The summed E-state index contributed by atoms with van der Waals surface area (Å²) in [6.45, 7) is 0. The van der Waals surface area contributed by atoms with Gasteiger partial charge in [0.15, 0.2) is 0 Å². The molecule has 19 heavy (non-hydrogen) atoms. The maximum atomic E-state index is 12.0. The van der Waals surface area contributed by atoms with Gasteiger partial charge in [0.05, 0.1) is 28.7 Å². The third-order valence-corrected chi connectivity index (χ3v) is 2.68. The second-order valence-electron chi connectivity index (χ2n) is 3.72. The van der Waals surface area contributed by atoms with Crippen molar-refractivity contribution in [3.05, 3.63) is 52.8 Å². The molecular formula is C13H9ClN4O. The number of rotatable bonds is 2. The molecule has 1 aromatic heterocycles. The van der Waals surface area contributed by atoms with Gasteiger partial charge in [-0.2, -0.15) is 5.26 Å². The van der Waals surface area contributed by atoms with E-state index in [2.05, 4.69) is 10.3 Å². The maximum absolute atomic E-state index is 12.0. The Kier molecular flexibility index (Phi) is 3.64. The Morgan fingerprint density at radius 2 is 2.21 bits per heavy atom. The first kappa shape index (κ1) is 12.9. The summed E-state index contributed by atoms with van der Waals surface area (Å²) >= 11 is 5.84. The van der Waals surface area contributed by atoms with E-state index in [1.165, 1.54) is 30.6 Å². The number of pyridine rings is 1. The van der Waals surface area contributed by atoms with Gasteiger partial charge in [0.2, 0.25) is 0 Å². The summed E-state index contributed by atoms with van der Waals surface area (Å²) in [5.41, 5.74) is 6.88. The van der Waals surface area contributed by atoms with Crippen LogP contribution in [0.1, 0.15) is 15.9 Å². The number of nitrogen functional groups attached to an aromatic ring is 1. The van der Waals surface area contributed by atoms with Gasteiger partial charge in [-0.1, -0.05) is 11.6 Å². The highest BCUT2D eigenvalue weighted by atomic mass is 35.5. The number of nitrogens with one attached hydrogen (secondary N) is 1. The predicted molar refractivity (Wildman–Crippen MR) is 72.8 cm³/mol. The van der Waals surface area contributed by atoms with Crippen LogP contribution in [-0.4, -0.2) is 10.9 Å². The SMILES string of the molecule is N#Cc1ccc(Cl)cc1NC(=O)c1ccncc1N. The molecule has 0 aliphatic rings. The summed E-state index contributed by atoms with van der Waals surface area (Å²) in [4.78, 5) is 15.8. The largest absolute Gasteiger partial charge is 0.397 e. The van der Waals surface area contributed by atoms with Crippen LogP contribution in [0, 0.1) is 11.3 Å². The van der Waals surface area contributed by atoms with Crippen molar-refractivity contribution in [3.63, 3.8) is 0 Å².